The number of anilines is 1. The molecule has 0 spiro atoms. The minimum atomic E-state index is -0.398. The van der Waals surface area contributed by atoms with Gasteiger partial charge in [0.05, 0.1) is 11.1 Å². The van der Waals surface area contributed by atoms with Crippen LogP contribution in [-0.4, -0.2) is 0 Å². The van der Waals surface area contributed by atoms with E-state index < -0.39 is 5.82 Å². The van der Waals surface area contributed by atoms with Crippen LogP contribution >= 0.6 is 22.9 Å². The van der Waals surface area contributed by atoms with Crippen molar-refractivity contribution >= 4 is 28.6 Å². The second-order valence-electron chi connectivity index (χ2n) is 3.51. The third-order valence-electron chi connectivity index (χ3n) is 2.27. The predicted octanol–water partition coefficient (Wildman–Crippen LogP) is 4.71. The highest BCUT2D eigenvalue weighted by Gasteiger charge is 2.07. The van der Waals surface area contributed by atoms with E-state index in [9.17, 15) is 4.39 Å². The molecule has 1 heterocycles. The van der Waals surface area contributed by atoms with Crippen molar-refractivity contribution in [3.63, 3.8) is 0 Å². The molecular weight excluding hydrogens is 245 g/mol. The van der Waals surface area contributed by atoms with Crippen molar-refractivity contribution in [1.29, 1.82) is 0 Å². The zero-order valence-corrected chi connectivity index (χ0v) is 10.3. The normalized spacial score (nSPS) is 12.4. The van der Waals surface area contributed by atoms with Crippen LogP contribution in [0.15, 0.2) is 35.7 Å². The molecule has 1 atom stereocenters. The molecule has 0 saturated carbocycles. The third-order valence-corrected chi connectivity index (χ3v) is 3.63. The summed E-state index contributed by atoms with van der Waals surface area (Å²) < 4.78 is 13.2. The fourth-order valence-corrected chi connectivity index (χ4v) is 2.30. The molecule has 0 aliphatic heterocycles. The van der Waals surface area contributed by atoms with Crippen molar-refractivity contribution in [1.82, 2.24) is 0 Å². The molecular formula is C12H11ClFNS. The van der Waals surface area contributed by atoms with Crippen molar-refractivity contribution in [2.45, 2.75) is 13.0 Å². The molecule has 0 fully saturated rings. The molecule has 0 aliphatic rings. The molecule has 16 heavy (non-hydrogen) atoms. The molecule has 0 bridgehead atoms. The number of rotatable bonds is 3. The Morgan fingerprint density at radius 3 is 2.81 bits per heavy atom. The second kappa shape index (κ2) is 4.85. The van der Waals surface area contributed by atoms with Crippen LogP contribution in [0.3, 0.4) is 0 Å². The molecule has 1 aromatic heterocycles. The van der Waals surface area contributed by atoms with Gasteiger partial charge in [0.1, 0.15) is 5.82 Å². The van der Waals surface area contributed by atoms with Crippen LogP contribution in [0.25, 0.3) is 0 Å². The molecule has 1 aromatic carbocycles. The summed E-state index contributed by atoms with van der Waals surface area (Å²) in [6.07, 6.45) is 0. The third kappa shape index (κ3) is 2.54. The lowest BCUT2D eigenvalue weighted by Gasteiger charge is -2.13. The Kier molecular flexibility index (Phi) is 3.46. The zero-order valence-electron chi connectivity index (χ0n) is 8.71. The van der Waals surface area contributed by atoms with Gasteiger partial charge in [-0.1, -0.05) is 17.7 Å². The van der Waals surface area contributed by atoms with Gasteiger partial charge in [-0.3, -0.25) is 0 Å². The van der Waals surface area contributed by atoms with E-state index in [2.05, 4.69) is 11.4 Å². The van der Waals surface area contributed by atoms with Gasteiger partial charge in [0.2, 0.25) is 0 Å². The summed E-state index contributed by atoms with van der Waals surface area (Å²) in [6, 6.07) is 8.96. The lowest BCUT2D eigenvalue weighted by Crippen LogP contribution is -2.04. The summed E-state index contributed by atoms with van der Waals surface area (Å²) in [5.74, 6) is -0.398. The average molecular weight is 256 g/mol. The summed E-state index contributed by atoms with van der Waals surface area (Å²) in [7, 11) is 0. The van der Waals surface area contributed by atoms with Crippen LogP contribution in [0.4, 0.5) is 10.1 Å². The van der Waals surface area contributed by atoms with Crippen molar-refractivity contribution in [3.05, 3.63) is 51.4 Å². The topological polar surface area (TPSA) is 12.0 Å². The first-order chi connectivity index (χ1) is 7.66. The van der Waals surface area contributed by atoms with Gasteiger partial charge in [0.25, 0.3) is 0 Å². The molecule has 2 aromatic rings. The maximum absolute atomic E-state index is 13.2. The summed E-state index contributed by atoms with van der Waals surface area (Å²) in [5, 5.41) is 5.40. The number of nitrogens with one attached hydrogen (secondary N) is 1. The summed E-state index contributed by atoms with van der Waals surface area (Å²) in [5.41, 5.74) is 0.739. The summed E-state index contributed by atoms with van der Waals surface area (Å²) in [6.45, 7) is 2.04. The fourth-order valence-electron chi connectivity index (χ4n) is 1.44. The summed E-state index contributed by atoms with van der Waals surface area (Å²) >= 11 is 7.29. The van der Waals surface area contributed by atoms with E-state index in [1.54, 1.807) is 23.5 Å². The Labute approximate surface area is 103 Å². The average Bonchev–Trinajstić information content (AvgIpc) is 2.77. The van der Waals surface area contributed by atoms with E-state index in [0.717, 1.165) is 5.69 Å². The Morgan fingerprint density at radius 1 is 1.38 bits per heavy atom. The largest absolute Gasteiger partial charge is 0.378 e. The Balaban J connectivity index is 2.12. The minimum absolute atomic E-state index is 0.148. The molecule has 0 amide bonds. The minimum Gasteiger partial charge on any atom is -0.378 e. The van der Waals surface area contributed by atoms with Gasteiger partial charge < -0.3 is 5.32 Å². The molecule has 0 radical (unpaired) electrons. The Bertz CT molecular complexity index is 470. The van der Waals surface area contributed by atoms with Gasteiger partial charge in [-0.2, -0.15) is 0 Å². The van der Waals surface area contributed by atoms with Gasteiger partial charge in [0.15, 0.2) is 0 Å². The smallest absolute Gasteiger partial charge is 0.143 e. The van der Waals surface area contributed by atoms with Crippen molar-refractivity contribution < 1.29 is 4.39 Å². The van der Waals surface area contributed by atoms with Crippen LogP contribution in [0.5, 0.6) is 0 Å². The highest BCUT2D eigenvalue weighted by Crippen LogP contribution is 2.25. The standard InChI is InChI=1S/C12H11ClFNS/c1-8(12-3-2-6-16-12)15-9-4-5-10(13)11(14)7-9/h2-8,15H,1H3. The molecule has 2 rings (SSSR count). The summed E-state index contributed by atoms with van der Waals surface area (Å²) in [4.78, 5) is 1.22. The van der Waals surface area contributed by atoms with Crippen molar-refractivity contribution in [3.8, 4) is 0 Å². The first kappa shape index (κ1) is 11.4. The number of hydrogen-bond donors (Lipinski definition) is 1. The molecule has 1 nitrogen and oxygen atoms in total. The monoisotopic (exact) mass is 255 g/mol. The SMILES string of the molecule is CC(Nc1ccc(Cl)c(F)c1)c1cccs1. The van der Waals surface area contributed by atoms with Gasteiger partial charge >= 0.3 is 0 Å². The Hall–Kier alpha value is -1.06. The lowest BCUT2D eigenvalue weighted by atomic mass is 10.2. The molecule has 0 saturated heterocycles. The first-order valence-corrected chi connectivity index (χ1v) is 6.17. The van der Waals surface area contributed by atoms with E-state index >= 15 is 0 Å². The first-order valence-electron chi connectivity index (χ1n) is 4.92. The Morgan fingerprint density at radius 2 is 2.19 bits per heavy atom. The quantitative estimate of drug-likeness (QED) is 0.837. The zero-order chi connectivity index (χ0) is 11.5. The van der Waals surface area contributed by atoms with Crippen molar-refractivity contribution in [2.75, 3.05) is 5.32 Å². The molecule has 1 unspecified atom stereocenters. The lowest BCUT2D eigenvalue weighted by molar-refractivity contribution is 0.628. The van der Waals surface area contributed by atoms with Gasteiger partial charge in [-0.05, 0) is 36.6 Å². The van der Waals surface area contributed by atoms with E-state index in [-0.39, 0.29) is 11.1 Å². The van der Waals surface area contributed by atoms with Gasteiger partial charge in [-0.15, -0.1) is 11.3 Å². The fraction of sp³-hybridized carbons (Fsp3) is 0.167. The predicted molar refractivity (Wildman–Crippen MR) is 67.8 cm³/mol. The highest BCUT2D eigenvalue weighted by atomic mass is 35.5. The van der Waals surface area contributed by atoms with Crippen LogP contribution in [0.1, 0.15) is 17.8 Å². The molecule has 0 aliphatic carbocycles. The molecule has 84 valence electrons. The second-order valence-corrected chi connectivity index (χ2v) is 4.90. The van der Waals surface area contributed by atoms with Crippen LogP contribution in [-0.2, 0) is 0 Å². The van der Waals surface area contributed by atoms with Crippen LogP contribution in [0.2, 0.25) is 5.02 Å². The van der Waals surface area contributed by atoms with E-state index in [4.69, 9.17) is 11.6 Å². The molecule has 1 N–H and O–H groups in total. The van der Waals surface area contributed by atoms with Gasteiger partial charge in [-0.25, -0.2) is 4.39 Å². The van der Waals surface area contributed by atoms with E-state index in [1.165, 1.54) is 10.9 Å². The maximum Gasteiger partial charge on any atom is 0.143 e. The van der Waals surface area contributed by atoms with E-state index in [1.807, 2.05) is 18.4 Å². The number of thiophene rings is 1. The number of benzene rings is 1. The van der Waals surface area contributed by atoms with Crippen LogP contribution in [0, 0.1) is 5.82 Å². The van der Waals surface area contributed by atoms with Gasteiger partial charge in [0, 0.05) is 10.6 Å². The van der Waals surface area contributed by atoms with Crippen molar-refractivity contribution in [2.24, 2.45) is 0 Å². The maximum atomic E-state index is 13.2. The van der Waals surface area contributed by atoms with E-state index in [0.29, 0.717) is 0 Å². The number of hydrogen-bond acceptors (Lipinski definition) is 2. The van der Waals surface area contributed by atoms with Crippen LogP contribution < -0.4 is 5.32 Å². The number of halogens is 2. The molecule has 4 heteroatoms. The highest BCUT2D eigenvalue weighted by molar-refractivity contribution is 7.10.